The molecule has 3 aromatic carbocycles. The molecule has 0 unspecified atom stereocenters. The second kappa shape index (κ2) is 5.98. The number of fused-ring (bicyclic) bond motifs is 1. The first kappa shape index (κ1) is 14.2. The van der Waals surface area contributed by atoms with Crippen molar-refractivity contribution in [1.29, 1.82) is 0 Å². The molecule has 0 spiro atoms. The Morgan fingerprint density at radius 3 is 2.30 bits per heavy atom. The quantitative estimate of drug-likeness (QED) is 0.419. The molecule has 4 aromatic rings. The van der Waals surface area contributed by atoms with E-state index in [1.54, 1.807) is 0 Å². The first-order valence-electron chi connectivity index (χ1n) is 7.43. The molecule has 1 heterocycles. The van der Waals surface area contributed by atoms with Crippen molar-refractivity contribution in [3.63, 3.8) is 0 Å². The van der Waals surface area contributed by atoms with Crippen molar-refractivity contribution in [3.05, 3.63) is 89.4 Å². The van der Waals surface area contributed by atoms with E-state index in [4.69, 9.17) is 4.98 Å². The van der Waals surface area contributed by atoms with Crippen LogP contribution in [0.4, 0.5) is 0 Å². The van der Waals surface area contributed by atoms with Crippen LogP contribution in [0.2, 0.25) is 0 Å². The summed E-state index contributed by atoms with van der Waals surface area (Å²) in [5, 5.41) is 1.15. The highest BCUT2D eigenvalue weighted by molar-refractivity contribution is 9.10. The van der Waals surface area contributed by atoms with Gasteiger partial charge < -0.3 is 0 Å². The van der Waals surface area contributed by atoms with Crippen LogP contribution in [0.3, 0.4) is 0 Å². The van der Waals surface area contributed by atoms with Crippen LogP contribution in [-0.4, -0.2) is 4.98 Å². The number of rotatable bonds is 2. The van der Waals surface area contributed by atoms with E-state index < -0.39 is 0 Å². The van der Waals surface area contributed by atoms with Gasteiger partial charge in [-0.15, -0.1) is 0 Å². The van der Waals surface area contributed by atoms with Crippen LogP contribution in [0.5, 0.6) is 0 Å². The number of para-hydroxylation sites is 1. The maximum absolute atomic E-state index is 4.92. The zero-order chi connectivity index (χ0) is 15.6. The van der Waals surface area contributed by atoms with Gasteiger partial charge in [-0.2, -0.15) is 0 Å². The van der Waals surface area contributed by atoms with Gasteiger partial charge >= 0.3 is 0 Å². The Kier molecular flexibility index (Phi) is 3.68. The maximum atomic E-state index is 4.92. The summed E-state index contributed by atoms with van der Waals surface area (Å²) >= 11 is 3.50. The maximum Gasteiger partial charge on any atom is 0.0788 e. The van der Waals surface area contributed by atoms with Gasteiger partial charge in [-0.1, -0.05) is 70.5 Å². The van der Waals surface area contributed by atoms with Crippen LogP contribution in [0.15, 0.2) is 83.3 Å². The third kappa shape index (κ3) is 2.78. The molecule has 1 nitrogen and oxygen atoms in total. The van der Waals surface area contributed by atoms with Crippen molar-refractivity contribution in [2.75, 3.05) is 0 Å². The van der Waals surface area contributed by atoms with Crippen molar-refractivity contribution in [3.8, 4) is 22.4 Å². The van der Waals surface area contributed by atoms with Crippen molar-refractivity contribution < 1.29 is 0 Å². The highest BCUT2D eigenvalue weighted by atomic mass is 79.9. The fraction of sp³-hybridized carbons (Fsp3) is 0. The molecule has 1 radical (unpaired) electrons. The molecule has 2 heteroatoms. The van der Waals surface area contributed by atoms with E-state index in [9.17, 15) is 0 Å². The zero-order valence-corrected chi connectivity index (χ0v) is 13.9. The standard InChI is InChI=1S/C21H13BrN/c22-18-12-10-15(11-13-18)19-14-17-8-4-5-9-20(17)23-21(19)16-6-2-1-3-7-16/h2-14H. The minimum atomic E-state index is 1.00. The summed E-state index contributed by atoms with van der Waals surface area (Å²) in [6, 6.07) is 29.9. The van der Waals surface area contributed by atoms with E-state index in [1.807, 2.05) is 24.3 Å². The molecule has 4 rings (SSSR count). The number of hydrogen-bond acceptors (Lipinski definition) is 1. The summed E-state index contributed by atoms with van der Waals surface area (Å²) in [7, 11) is 0. The number of pyridine rings is 1. The van der Waals surface area contributed by atoms with Crippen molar-refractivity contribution in [2.45, 2.75) is 0 Å². The average Bonchev–Trinajstić information content (AvgIpc) is 2.62. The molecule has 0 atom stereocenters. The van der Waals surface area contributed by atoms with E-state index in [0.29, 0.717) is 0 Å². The van der Waals surface area contributed by atoms with E-state index in [-0.39, 0.29) is 0 Å². The Morgan fingerprint density at radius 2 is 1.52 bits per heavy atom. The number of nitrogens with zero attached hydrogens (tertiary/aromatic N) is 1. The molecule has 0 amide bonds. The summed E-state index contributed by atoms with van der Waals surface area (Å²) in [5.41, 5.74) is 5.42. The first-order chi connectivity index (χ1) is 11.3. The lowest BCUT2D eigenvalue weighted by Gasteiger charge is -2.11. The van der Waals surface area contributed by atoms with Crippen LogP contribution in [0.25, 0.3) is 33.3 Å². The molecule has 1 aromatic heterocycles. The van der Waals surface area contributed by atoms with Crippen LogP contribution >= 0.6 is 15.9 Å². The lowest BCUT2D eigenvalue weighted by Crippen LogP contribution is -1.91. The molecular formula is C21H13BrN. The summed E-state index contributed by atoms with van der Waals surface area (Å²) in [5.74, 6) is 0. The highest BCUT2D eigenvalue weighted by Gasteiger charge is 2.11. The molecule has 0 saturated carbocycles. The minimum absolute atomic E-state index is 1.00. The first-order valence-corrected chi connectivity index (χ1v) is 8.23. The van der Waals surface area contributed by atoms with E-state index in [2.05, 4.69) is 76.6 Å². The third-order valence-corrected chi connectivity index (χ3v) is 4.40. The molecule has 23 heavy (non-hydrogen) atoms. The van der Waals surface area contributed by atoms with E-state index >= 15 is 0 Å². The van der Waals surface area contributed by atoms with Gasteiger partial charge in [-0.25, -0.2) is 4.98 Å². The monoisotopic (exact) mass is 358 g/mol. The minimum Gasteiger partial charge on any atom is -0.247 e. The Labute approximate surface area is 143 Å². The predicted molar refractivity (Wildman–Crippen MR) is 99.2 cm³/mol. The largest absolute Gasteiger partial charge is 0.247 e. The smallest absolute Gasteiger partial charge is 0.0788 e. The molecule has 0 bridgehead atoms. The number of halogens is 1. The van der Waals surface area contributed by atoms with Gasteiger partial charge in [-0.3, -0.25) is 0 Å². The molecule has 0 aliphatic rings. The molecule has 0 aliphatic heterocycles. The number of hydrogen-bond donors (Lipinski definition) is 0. The fourth-order valence-electron chi connectivity index (χ4n) is 2.73. The summed E-state index contributed by atoms with van der Waals surface area (Å²) in [4.78, 5) is 4.92. The summed E-state index contributed by atoms with van der Waals surface area (Å²) in [6.45, 7) is 0. The van der Waals surface area contributed by atoms with Gasteiger partial charge in [-0.05, 0) is 35.9 Å². The predicted octanol–water partition coefficient (Wildman–Crippen LogP) is 6.13. The Bertz CT molecular complexity index is 960. The number of aromatic nitrogens is 1. The van der Waals surface area contributed by atoms with Gasteiger partial charge in [0, 0.05) is 21.0 Å². The second-order valence-electron chi connectivity index (χ2n) is 5.37. The second-order valence-corrected chi connectivity index (χ2v) is 6.29. The van der Waals surface area contributed by atoms with Crippen LogP contribution in [-0.2, 0) is 0 Å². The average molecular weight is 359 g/mol. The zero-order valence-electron chi connectivity index (χ0n) is 12.3. The topological polar surface area (TPSA) is 12.9 Å². The highest BCUT2D eigenvalue weighted by Crippen LogP contribution is 2.33. The summed E-state index contributed by atoms with van der Waals surface area (Å²) < 4.78 is 1.07. The Morgan fingerprint density at radius 1 is 0.783 bits per heavy atom. The van der Waals surface area contributed by atoms with Crippen LogP contribution in [0, 0.1) is 6.07 Å². The SMILES string of the molecule is Brc1ccc(-c2cc3ccccc3nc2-c2cc[c]cc2)cc1. The fourth-order valence-corrected chi connectivity index (χ4v) is 2.99. The van der Waals surface area contributed by atoms with Crippen molar-refractivity contribution in [2.24, 2.45) is 0 Å². The van der Waals surface area contributed by atoms with Crippen LogP contribution < -0.4 is 0 Å². The normalized spacial score (nSPS) is 10.8. The molecular weight excluding hydrogens is 346 g/mol. The number of benzene rings is 3. The van der Waals surface area contributed by atoms with Crippen molar-refractivity contribution in [1.82, 2.24) is 4.98 Å². The van der Waals surface area contributed by atoms with E-state index in [1.165, 1.54) is 0 Å². The Hall–Kier alpha value is -2.45. The summed E-state index contributed by atoms with van der Waals surface area (Å²) in [6.07, 6.45) is 0. The lowest BCUT2D eigenvalue weighted by molar-refractivity contribution is 1.39. The van der Waals surface area contributed by atoms with Crippen molar-refractivity contribution >= 4 is 26.8 Å². The van der Waals surface area contributed by atoms with Gasteiger partial charge in [0.1, 0.15) is 0 Å². The molecule has 0 saturated heterocycles. The lowest BCUT2D eigenvalue weighted by atomic mass is 9.97. The third-order valence-electron chi connectivity index (χ3n) is 3.87. The Balaban J connectivity index is 2.02. The van der Waals surface area contributed by atoms with Gasteiger partial charge in [0.05, 0.1) is 11.2 Å². The molecule has 0 N–H and O–H groups in total. The van der Waals surface area contributed by atoms with E-state index in [0.717, 1.165) is 37.8 Å². The van der Waals surface area contributed by atoms with Gasteiger partial charge in [0.2, 0.25) is 0 Å². The molecule has 109 valence electrons. The molecule has 0 fully saturated rings. The van der Waals surface area contributed by atoms with Crippen LogP contribution in [0.1, 0.15) is 0 Å². The van der Waals surface area contributed by atoms with Gasteiger partial charge in [0.25, 0.3) is 0 Å². The molecule has 0 aliphatic carbocycles. The van der Waals surface area contributed by atoms with Gasteiger partial charge in [0.15, 0.2) is 0 Å².